The molecule has 1 aromatic rings. The van der Waals surface area contributed by atoms with Crippen LogP contribution in [0.3, 0.4) is 0 Å². The average molecular weight is 311 g/mol. The van der Waals surface area contributed by atoms with E-state index in [2.05, 4.69) is 5.32 Å². The Balaban J connectivity index is 1.91. The molecule has 1 aromatic carbocycles. The predicted octanol–water partition coefficient (Wildman–Crippen LogP) is 2.31. The first-order valence-corrected chi connectivity index (χ1v) is 7.44. The number of ether oxygens (including phenoxy) is 1. The number of carbonyl (C=O) groups is 2. The molecule has 1 aliphatic rings. The summed E-state index contributed by atoms with van der Waals surface area (Å²) in [6.45, 7) is 3.05. The fourth-order valence-electron chi connectivity index (χ4n) is 2.47. The van der Waals surface area contributed by atoms with Gasteiger partial charge >= 0.3 is 5.97 Å². The van der Waals surface area contributed by atoms with E-state index in [-0.39, 0.29) is 24.5 Å². The van der Waals surface area contributed by atoms with Crippen LogP contribution in [0.1, 0.15) is 19.8 Å². The first-order valence-electron chi connectivity index (χ1n) is 7.06. The number of anilines is 1. The molecule has 1 unspecified atom stereocenters. The van der Waals surface area contributed by atoms with Gasteiger partial charge in [-0.05, 0) is 44.5 Å². The van der Waals surface area contributed by atoms with Gasteiger partial charge in [-0.1, -0.05) is 17.7 Å². The molecule has 1 aliphatic heterocycles. The van der Waals surface area contributed by atoms with Gasteiger partial charge < -0.3 is 10.1 Å². The summed E-state index contributed by atoms with van der Waals surface area (Å²) in [4.78, 5) is 25.7. The van der Waals surface area contributed by atoms with Crippen LogP contribution in [-0.2, 0) is 14.3 Å². The lowest BCUT2D eigenvalue weighted by atomic mass is 10.2. The largest absolute Gasteiger partial charge is 0.465 e. The molecule has 5 nitrogen and oxygen atoms in total. The molecular weight excluding hydrogens is 292 g/mol. The molecule has 21 heavy (non-hydrogen) atoms. The first kappa shape index (κ1) is 15.8. The highest BCUT2D eigenvalue weighted by Gasteiger charge is 2.32. The van der Waals surface area contributed by atoms with Crippen molar-refractivity contribution < 1.29 is 14.3 Å². The van der Waals surface area contributed by atoms with Crippen molar-refractivity contribution in [3.63, 3.8) is 0 Å². The molecule has 6 heteroatoms. The maximum atomic E-state index is 12.1. The highest BCUT2D eigenvalue weighted by molar-refractivity contribution is 6.30. The Morgan fingerprint density at radius 2 is 2.29 bits per heavy atom. The van der Waals surface area contributed by atoms with Crippen molar-refractivity contribution in [1.29, 1.82) is 0 Å². The van der Waals surface area contributed by atoms with E-state index in [1.807, 2.05) is 4.90 Å². The lowest BCUT2D eigenvalue weighted by molar-refractivity contribution is -0.148. The molecule has 0 aliphatic carbocycles. The van der Waals surface area contributed by atoms with Gasteiger partial charge in [0.05, 0.1) is 13.2 Å². The van der Waals surface area contributed by atoms with Crippen molar-refractivity contribution in [2.75, 3.05) is 25.0 Å². The molecule has 0 bridgehead atoms. The van der Waals surface area contributed by atoms with Gasteiger partial charge in [-0.3, -0.25) is 14.5 Å². The van der Waals surface area contributed by atoms with Crippen LogP contribution in [0.15, 0.2) is 24.3 Å². The van der Waals surface area contributed by atoms with Crippen molar-refractivity contribution >= 4 is 29.2 Å². The highest BCUT2D eigenvalue weighted by Crippen LogP contribution is 2.19. The Kier molecular flexibility index (Phi) is 5.59. The monoisotopic (exact) mass is 310 g/mol. The number of nitrogens with zero attached hydrogens (tertiary/aromatic N) is 1. The number of amides is 1. The summed E-state index contributed by atoms with van der Waals surface area (Å²) in [5, 5.41) is 3.35. The molecule has 1 fully saturated rings. The molecule has 0 aromatic heterocycles. The molecule has 1 atom stereocenters. The second-order valence-electron chi connectivity index (χ2n) is 4.94. The van der Waals surface area contributed by atoms with Crippen LogP contribution in [0.5, 0.6) is 0 Å². The summed E-state index contributed by atoms with van der Waals surface area (Å²) < 4.78 is 5.04. The number of halogens is 1. The standard InChI is InChI=1S/C15H19ClN2O3/c1-2-21-15(20)13-7-4-8-18(13)10-14(19)17-12-6-3-5-11(16)9-12/h3,5-6,9,13H,2,4,7-8,10H2,1H3,(H,17,19). The van der Waals surface area contributed by atoms with Gasteiger partial charge in [-0.2, -0.15) is 0 Å². The Hall–Kier alpha value is -1.59. The summed E-state index contributed by atoms with van der Waals surface area (Å²) in [5.74, 6) is -0.404. The number of hydrogen-bond donors (Lipinski definition) is 1. The van der Waals surface area contributed by atoms with Crippen LogP contribution in [-0.4, -0.2) is 42.5 Å². The van der Waals surface area contributed by atoms with Crippen molar-refractivity contribution in [2.24, 2.45) is 0 Å². The molecule has 1 saturated heterocycles. The molecule has 0 saturated carbocycles. The predicted molar refractivity (Wildman–Crippen MR) is 81.3 cm³/mol. The average Bonchev–Trinajstić information content (AvgIpc) is 2.87. The minimum absolute atomic E-state index is 0.159. The molecule has 1 N–H and O–H groups in total. The number of rotatable bonds is 5. The number of benzene rings is 1. The quantitative estimate of drug-likeness (QED) is 0.848. The zero-order chi connectivity index (χ0) is 15.2. The Morgan fingerprint density at radius 1 is 1.48 bits per heavy atom. The Morgan fingerprint density at radius 3 is 3.00 bits per heavy atom. The summed E-state index contributed by atoms with van der Waals surface area (Å²) in [6.07, 6.45) is 1.64. The number of hydrogen-bond acceptors (Lipinski definition) is 4. The van der Waals surface area contributed by atoms with E-state index in [0.717, 1.165) is 19.4 Å². The molecule has 1 amide bonds. The third-order valence-electron chi connectivity index (χ3n) is 3.38. The van der Waals surface area contributed by atoms with Crippen LogP contribution >= 0.6 is 11.6 Å². The van der Waals surface area contributed by atoms with Gasteiger partial charge in [-0.25, -0.2) is 0 Å². The number of likely N-dealkylation sites (tertiary alicyclic amines) is 1. The normalized spacial score (nSPS) is 18.5. The van der Waals surface area contributed by atoms with E-state index < -0.39 is 0 Å². The van der Waals surface area contributed by atoms with Crippen LogP contribution in [0.25, 0.3) is 0 Å². The van der Waals surface area contributed by atoms with Crippen molar-refractivity contribution in [3.05, 3.63) is 29.3 Å². The summed E-state index contributed by atoms with van der Waals surface area (Å²) >= 11 is 5.88. The number of carbonyl (C=O) groups excluding carboxylic acids is 2. The van der Waals surface area contributed by atoms with E-state index in [1.54, 1.807) is 31.2 Å². The summed E-state index contributed by atoms with van der Waals surface area (Å²) in [6, 6.07) is 6.67. The zero-order valence-corrected chi connectivity index (χ0v) is 12.7. The molecule has 1 heterocycles. The van der Waals surface area contributed by atoms with Crippen LogP contribution in [0.2, 0.25) is 5.02 Å². The molecule has 0 radical (unpaired) electrons. The maximum Gasteiger partial charge on any atom is 0.323 e. The lowest BCUT2D eigenvalue weighted by Gasteiger charge is -2.22. The van der Waals surface area contributed by atoms with Crippen LogP contribution < -0.4 is 5.32 Å². The molecular formula is C15H19ClN2O3. The van der Waals surface area contributed by atoms with Gasteiger partial charge in [0.15, 0.2) is 0 Å². The smallest absolute Gasteiger partial charge is 0.323 e. The fourth-order valence-corrected chi connectivity index (χ4v) is 2.66. The van der Waals surface area contributed by atoms with E-state index >= 15 is 0 Å². The third-order valence-corrected chi connectivity index (χ3v) is 3.61. The lowest BCUT2D eigenvalue weighted by Crippen LogP contribution is -2.41. The van der Waals surface area contributed by atoms with Gasteiger partial charge in [0.1, 0.15) is 6.04 Å². The van der Waals surface area contributed by atoms with Gasteiger partial charge in [0.25, 0.3) is 0 Å². The Labute approximate surface area is 129 Å². The first-order chi connectivity index (χ1) is 10.1. The Bertz CT molecular complexity index is 521. The van der Waals surface area contributed by atoms with Gasteiger partial charge in [-0.15, -0.1) is 0 Å². The van der Waals surface area contributed by atoms with Crippen molar-refractivity contribution in [1.82, 2.24) is 4.90 Å². The molecule has 2 rings (SSSR count). The van der Waals surface area contributed by atoms with E-state index in [4.69, 9.17) is 16.3 Å². The van der Waals surface area contributed by atoms with E-state index in [9.17, 15) is 9.59 Å². The maximum absolute atomic E-state index is 12.1. The molecule has 0 spiro atoms. The minimum Gasteiger partial charge on any atom is -0.465 e. The summed E-state index contributed by atoms with van der Waals surface area (Å²) in [5.41, 5.74) is 0.652. The van der Waals surface area contributed by atoms with Gasteiger partial charge in [0.2, 0.25) is 5.91 Å². The minimum atomic E-state index is -0.310. The van der Waals surface area contributed by atoms with Gasteiger partial charge in [0, 0.05) is 10.7 Å². The van der Waals surface area contributed by atoms with E-state index in [0.29, 0.717) is 17.3 Å². The second kappa shape index (κ2) is 7.43. The fraction of sp³-hybridized carbons (Fsp3) is 0.467. The number of esters is 1. The zero-order valence-electron chi connectivity index (χ0n) is 12.0. The third kappa shape index (κ3) is 4.44. The van der Waals surface area contributed by atoms with Crippen LogP contribution in [0, 0.1) is 0 Å². The van der Waals surface area contributed by atoms with Crippen LogP contribution in [0.4, 0.5) is 5.69 Å². The summed E-state index contributed by atoms with van der Waals surface area (Å²) in [7, 11) is 0. The second-order valence-corrected chi connectivity index (χ2v) is 5.38. The highest BCUT2D eigenvalue weighted by atomic mass is 35.5. The van der Waals surface area contributed by atoms with E-state index in [1.165, 1.54) is 0 Å². The topological polar surface area (TPSA) is 58.6 Å². The van der Waals surface area contributed by atoms with Crippen molar-refractivity contribution in [3.8, 4) is 0 Å². The number of nitrogens with one attached hydrogen (secondary N) is 1. The van der Waals surface area contributed by atoms with Crippen molar-refractivity contribution in [2.45, 2.75) is 25.8 Å². The molecule has 114 valence electrons. The SMILES string of the molecule is CCOC(=O)C1CCCN1CC(=O)Nc1cccc(Cl)c1.